The third kappa shape index (κ3) is 2.96. The highest BCUT2D eigenvalue weighted by Gasteiger charge is 2.40. The number of aliphatic carboxylic acids is 1. The molecule has 0 spiro atoms. The van der Waals surface area contributed by atoms with Gasteiger partial charge in [0.15, 0.2) is 0 Å². The van der Waals surface area contributed by atoms with Gasteiger partial charge in [0, 0.05) is 25.3 Å². The molecule has 2 rings (SSSR count). The van der Waals surface area contributed by atoms with Gasteiger partial charge in [-0.15, -0.1) is 6.58 Å². The van der Waals surface area contributed by atoms with E-state index in [-0.39, 0.29) is 0 Å². The van der Waals surface area contributed by atoms with Crippen LogP contribution in [0.2, 0.25) is 0 Å². The van der Waals surface area contributed by atoms with Crippen molar-refractivity contribution in [2.45, 2.75) is 18.4 Å². The standard InChI is InChI=1S/C15H20N2O2/c1-2-10-16-15(14(18)19)8-11-17(12-9-15)13-6-4-3-5-7-13/h2-7,16H,1,8-12H2,(H,18,19). The van der Waals surface area contributed by atoms with Gasteiger partial charge in [-0.05, 0) is 25.0 Å². The molecular weight excluding hydrogens is 240 g/mol. The van der Waals surface area contributed by atoms with E-state index in [0.717, 1.165) is 18.8 Å². The van der Waals surface area contributed by atoms with Crippen LogP contribution in [0.15, 0.2) is 43.0 Å². The van der Waals surface area contributed by atoms with Crippen molar-refractivity contribution in [2.24, 2.45) is 0 Å². The Morgan fingerprint density at radius 3 is 2.53 bits per heavy atom. The van der Waals surface area contributed by atoms with Crippen molar-refractivity contribution in [1.82, 2.24) is 5.32 Å². The van der Waals surface area contributed by atoms with Gasteiger partial charge in [-0.3, -0.25) is 10.1 Å². The van der Waals surface area contributed by atoms with E-state index in [2.05, 4.69) is 28.9 Å². The van der Waals surface area contributed by atoms with Crippen LogP contribution in [0.25, 0.3) is 0 Å². The summed E-state index contributed by atoms with van der Waals surface area (Å²) < 4.78 is 0. The van der Waals surface area contributed by atoms with E-state index in [0.29, 0.717) is 19.4 Å². The van der Waals surface area contributed by atoms with E-state index in [1.54, 1.807) is 6.08 Å². The molecule has 0 atom stereocenters. The molecule has 4 nitrogen and oxygen atoms in total. The zero-order chi connectivity index (χ0) is 13.7. The van der Waals surface area contributed by atoms with E-state index in [1.807, 2.05) is 18.2 Å². The van der Waals surface area contributed by atoms with Crippen molar-refractivity contribution in [3.63, 3.8) is 0 Å². The minimum atomic E-state index is -0.806. The van der Waals surface area contributed by atoms with Gasteiger partial charge in [-0.1, -0.05) is 24.3 Å². The summed E-state index contributed by atoms with van der Waals surface area (Å²) in [6.07, 6.45) is 2.91. The Hall–Kier alpha value is -1.81. The van der Waals surface area contributed by atoms with E-state index < -0.39 is 11.5 Å². The number of hydrogen-bond acceptors (Lipinski definition) is 3. The fraction of sp³-hybridized carbons (Fsp3) is 0.400. The Kier molecular flexibility index (Phi) is 4.22. The van der Waals surface area contributed by atoms with Crippen LogP contribution >= 0.6 is 0 Å². The number of carbonyl (C=O) groups is 1. The highest BCUT2D eigenvalue weighted by atomic mass is 16.4. The zero-order valence-corrected chi connectivity index (χ0v) is 11.0. The van der Waals surface area contributed by atoms with Crippen LogP contribution in [0.4, 0.5) is 5.69 Å². The molecule has 1 heterocycles. The topological polar surface area (TPSA) is 52.6 Å². The number of hydrogen-bond donors (Lipinski definition) is 2. The molecule has 0 saturated carbocycles. The molecule has 0 unspecified atom stereocenters. The quantitative estimate of drug-likeness (QED) is 0.794. The lowest BCUT2D eigenvalue weighted by Gasteiger charge is -2.40. The first-order valence-electron chi connectivity index (χ1n) is 6.57. The summed E-state index contributed by atoms with van der Waals surface area (Å²) in [5, 5.41) is 12.6. The van der Waals surface area contributed by atoms with Gasteiger partial charge in [0.1, 0.15) is 5.54 Å². The predicted molar refractivity (Wildman–Crippen MR) is 76.5 cm³/mol. The lowest BCUT2D eigenvalue weighted by molar-refractivity contribution is -0.145. The molecular formula is C15H20N2O2. The summed E-state index contributed by atoms with van der Waals surface area (Å²) in [7, 11) is 0. The van der Waals surface area contributed by atoms with Crippen LogP contribution in [-0.2, 0) is 4.79 Å². The van der Waals surface area contributed by atoms with Crippen LogP contribution in [-0.4, -0.2) is 36.2 Å². The van der Waals surface area contributed by atoms with Crippen molar-refractivity contribution in [3.8, 4) is 0 Å². The molecule has 1 fully saturated rings. The molecule has 0 aliphatic carbocycles. The Bertz CT molecular complexity index is 437. The Labute approximate surface area is 113 Å². The lowest BCUT2D eigenvalue weighted by atomic mass is 9.87. The maximum Gasteiger partial charge on any atom is 0.324 e. The number of anilines is 1. The van der Waals surface area contributed by atoms with Gasteiger partial charge in [0.2, 0.25) is 0 Å². The highest BCUT2D eigenvalue weighted by Crippen LogP contribution is 2.26. The van der Waals surface area contributed by atoms with Crippen LogP contribution in [0.3, 0.4) is 0 Å². The van der Waals surface area contributed by atoms with Crippen molar-refractivity contribution in [1.29, 1.82) is 0 Å². The number of carboxylic acid groups (broad SMARTS) is 1. The normalized spacial score (nSPS) is 18.0. The molecule has 1 aromatic rings. The van der Waals surface area contributed by atoms with Gasteiger partial charge in [0.25, 0.3) is 0 Å². The number of piperidine rings is 1. The van der Waals surface area contributed by atoms with E-state index in [9.17, 15) is 9.90 Å². The Balaban J connectivity index is 2.03. The fourth-order valence-electron chi connectivity index (χ4n) is 2.52. The summed E-state index contributed by atoms with van der Waals surface area (Å²) in [6, 6.07) is 10.1. The highest BCUT2D eigenvalue weighted by molar-refractivity contribution is 5.79. The Morgan fingerprint density at radius 1 is 1.37 bits per heavy atom. The molecule has 0 amide bonds. The second kappa shape index (κ2) is 5.89. The monoisotopic (exact) mass is 260 g/mol. The van der Waals surface area contributed by atoms with E-state index >= 15 is 0 Å². The number of nitrogens with one attached hydrogen (secondary N) is 1. The molecule has 19 heavy (non-hydrogen) atoms. The molecule has 102 valence electrons. The van der Waals surface area contributed by atoms with Crippen LogP contribution < -0.4 is 10.2 Å². The first-order valence-corrected chi connectivity index (χ1v) is 6.57. The second-order valence-corrected chi connectivity index (χ2v) is 4.88. The maximum absolute atomic E-state index is 11.5. The van der Waals surface area contributed by atoms with Gasteiger partial charge >= 0.3 is 5.97 Å². The third-order valence-electron chi connectivity index (χ3n) is 3.73. The predicted octanol–water partition coefficient (Wildman–Crippen LogP) is 1.89. The minimum Gasteiger partial charge on any atom is -0.480 e. The summed E-state index contributed by atoms with van der Waals surface area (Å²) in [4.78, 5) is 13.7. The Morgan fingerprint density at radius 2 is 2.00 bits per heavy atom. The number of carboxylic acids is 1. The molecule has 1 aromatic carbocycles. The van der Waals surface area contributed by atoms with E-state index in [1.165, 1.54) is 0 Å². The molecule has 1 saturated heterocycles. The van der Waals surface area contributed by atoms with Gasteiger partial charge in [-0.25, -0.2) is 0 Å². The molecule has 0 radical (unpaired) electrons. The third-order valence-corrected chi connectivity index (χ3v) is 3.73. The number of rotatable bonds is 5. The van der Waals surface area contributed by atoms with E-state index in [4.69, 9.17) is 0 Å². The first-order chi connectivity index (χ1) is 9.18. The first kappa shape index (κ1) is 13.6. The van der Waals surface area contributed by atoms with Gasteiger partial charge in [-0.2, -0.15) is 0 Å². The molecule has 1 aliphatic rings. The van der Waals surface area contributed by atoms with Crippen LogP contribution in [0.1, 0.15) is 12.8 Å². The molecule has 0 bridgehead atoms. The average molecular weight is 260 g/mol. The van der Waals surface area contributed by atoms with Gasteiger partial charge in [0.05, 0.1) is 0 Å². The van der Waals surface area contributed by atoms with Crippen LogP contribution in [0.5, 0.6) is 0 Å². The van der Waals surface area contributed by atoms with Crippen molar-refractivity contribution in [2.75, 3.05) is 24.5 Å². The summed E-state index contributed by atoms with van der Waals surface area (Å²) in [5.41, 5.74) is 0.352. The molecule has 1 aliphatic heterocycles. The molecule has 0 aromatic heterocycles. The van der Waals surface area contributed by atoms with Gasteiger partial charge < -0.3 is 10.0 Å². The smallest absolute Gasteiger partial charge is 0.324 e. The lowest BCUT2D eigenvalue weighted by Crippen LogP contribution is -2.58. The van der Waals surface area contributed by atoms with Crippen molar-refractivity contribution in [3.05, 3.63) is 43.0 Å². The van der Waals surface area contributed by atoms with Crippen molar-refractivity contribution >= 4 is 11.7 Å². The summed E-state index contributed by atoms with van der Waals surface area (Å²) in [6.45, 7) is 5.66. The minimum absolute atomic E-state index is 0.525. The largest absolute Gasteiger partial charge is 0.480 e. The number of para-hydroxylation sites is 1. The maximum atomic E-state index is 11.5. The summed E-state index contributed by atoms with van der Waals surface area (Å²) in [5.74, 6) is -0.762. The number of nitrogens with zero attached hydrogens (tertiary/aromatic N) is 1. The van der Waals surface area contributed by atoms with Crippen LogP contribution in [0, 0.1) is 0 Å². The SMILES string of the molecule is C=CCNC1(C(=O)O)CCN(c2ccccc2)CC1. The average Bonchev–Trinajstić information content (AvgIpc) is 2.46. The summed E-state index contributed by atoms with van der Waals surface area (Å²) >= 11 is 0. The number of benzene rings is 1. The van der Waals surface area contributed by atoms with Crippen molar-refractivity contribution < 1.29 is 9.90 Å². The molecule has 4 heteroatoms. The fourth-order valence-corrected chi connectivity index (χ4v) is 2.52. The zero-order valence-electron chi connectivity index (χ0n) is 11.0. The molecule has 2 N–H and O–H groups in total. The second-order valence-electron chi connectivity index (χ2n) is 4.88.